The number of rotatable bonds is 3. The maximum absolute atomic E-state index is 4.41. The van der Waals surface area contributed by atoms with Crippen molar-refractivity contribution in [3.63, 3.8) is 0 Å². The van der Waals surface area contributed by atoms with Crippen LogP contribution in [0.4, 0.5) is 0 Å². The van der Waals surface area contributed by atoms with Crippen LogP contribution in [0.2, 0.25) is 0 Å². The maximum Gasteiger partial charge on any atom is 0.137 e. The third-order valence-corrected chi connectivity index (χ3v) is 1.98. The fourth-order valence-corrected chi connectivity index (χ4v) is 1.00. The van der Waals surface area contributed by atoms with Crippen molar-refractivity contribution >= 4 is 5.84 Å². The molecule has 1 heterocycles. The number of hydrogen-bond donors (Lipinski definition) is 1. The maximum atomic E-state index is 4.41. The zero-order chi connectivity index (χ0) is 10.6. The van der Waals surface area contributed by atoms with Crippen LogP contribution in [0.5, 0.6) is 0 Å². The van der Waals surface area contributed by atoms with Gasteiger partial charge in [0.05, 0.1) is 0 Å². The molecule has 0 aliphatic carbocycles. The summed E-state index contributed by atoms with van der Waals surface area (Å²) in [6, 6.07) is 0. The first-order valence-electron chi connectivity index (χ1n) is 4.69. The lowest BCUT2D eigenvalue weighted by Gasteiger charge is -2.06. The molecule has 0 spiro atoms. The summed E-state index contributed by atoms with van der Waals surface area (Å²) in [4.78, 5) is 4.41. The van der Waals surface area contributed by atoms with Crippen molar-refractivity contribution in [2.24, 2.45) is 10.9 Å². The van der Waals surface area contributed by atoms with Crippen LogP contribution in [0.3, 0.4) is 0 Å². The van der Waals surface area contributed by atoms with Gasteiger partial charge in [0.2, 0.25) is 0 Å². The van der Waals surface area contributed by atoms with Crippen molar-refractivity contribution in [2.45, 2.75) is 13.8 Å². The number of hydrogen-bond acceptors (Lipinski definition) is 1. The molecular formula is C12H16N2. The predicted octanol–water partition coefficient (Wildman–Crippen LogP) is 2.78. The van der Waals surface area contributed by atoms with Gasteiger partial charge in [-0.2, -0.15) is 0 Å². The van der Waals surface area contributed by atoms with Crippen molar-refractivity contribution < 1.29 is 0 Å². The lowest BCUT2D eigenvalue weighted by atomic mass is 10.1. The van der Waals surface area contributed by atoms with E-state index < -0.39 is 0 Å². The van der Waals surface area contributed by atoms with Gasteiger partial charge in [0.15, 0.2) is 0 Å². The van der Waals surface area contributed by atoms with Crippen LogP contribution in [0.15, 0.2) is 53.8 Å². The fraction of sp³-hybridized carbons (Fsp3) is 0.250. The molecule has 0 radical (unpaired) electrons. The summed E-state index contributed by atoms with van der Waals surface area (Å²) >= 11 is 0. The van der Waals surface area contributed by atoms with Crippen molar-refractivity contribution in [1.82, 2.24) is 5.32 Å². The quantitative estimate of drug-likeness (QED) is 0.723. The van der Waals surface area contributed by atoms with E-state index in [0.29, 0.717) is 5.92 Å². The second-order valence-corrected chi connectivity index (χ2v) is 3.44. The van der Waals surface area contributed by atoms with Gasteiger partial charge in [0.1, 0.15) is 5.84 Å². The Morgan fingerprint density at radius 3 is 2.86 bits per heavy atom. The third kappa shape index (κ3) is 2.46. The molecule has 0 fully saturated rings. The average molecular weight is 188 g/mol. The molecule has 0 amide bonds. The van der Waals surface area contributed by atoms with E-state index in [1.807, 2.05) is 18.4 Å². The smallest absolute Gasteiger partial charge is 0.137 e. The average Bonchev–Trinajstić information content (AvgIpc) is 2.53. The summed E-state index contributed by atoms with van der Waals surface area (Å²) in [6.07, 6.45) is 7.50. The van der Waals surface area contributed by atoms with Crippen molar-refractivity contribution in [1.29, 1.82) is 0 Å². The van der Waals surface area contributed by atoms with Crippen molar-refractivity contribution in [3.8, 4) is 0 Å². The molecule has 74 valence electrons. The monoisotopic (exact) mass is 188 g/mol. The Balaban J connectivity index is 2.84. The Bertz CT molecular complexity index is 330. The molecule has 0 aromatic rings. The zero-order valence-electron chi connectivity index (χ0n) is 8.75. The summed E-state index contributed by atoms with van der Waals surface area (Å²) < 4.78 is 0. The molecule has 14 heavy (non-hydrogen) atoms. The van der Waals surface area contributed by atoms with Crippen LogP contribution in [0.1, 0.15) is 13.8 Å². The van der Waals surface area contributed by atoms with Gasteiger partial charge < -0.3 is 5.32 Å². The van der Waals surface area contributed by atoms with E-state index in [-0.39, 0.29) is 0 Å². The number of allylic oxidation sites excluding steroid dienone is 3. The molecule has 1 rings (SSSR count). The molecule has 0 atom stereocenters. The number of nitrogens with one attached hydrogen (secondary N) is 1. The van der Waals surface area contributed by atoms with Crippen LogP contribution in [-0.4, -0.2) is 5.84 Å². The van der Waals surface area contributed by atoms with Gasteiger partial charge in [-0.1, -0.05) is 39.2 Å². The highest BCUT2D eigenvalue weighted by Gasteiger charge is 2.09. The Labute approximate surface area is 85.4 Å². The summed E-state index contributed by atoms with van der Waals surface area (Å²) in [5.74, 6) is 1.22. The van der Waals surface area contributed by atoms with Gasteiger partial charge >= 0.3 is 0 Å². The van der Waals surface area contributed by atoms with Gasteiger partial charge in [0.25, 0.3) is 0 Å². The summed E-state index contributed by atoms with van der Waals surface area (Å²) in [6.45, 7) is 11.7. The van der Waals surface area contributed by atoms with E-state index in [4.69, 9.17) is 0 Å². The lowest BCUT2D eigenvalue weighted by Crippen LogP contribution is -2.13. The molecule has 0 saturated heterocycles. The van der Waals surface area contributed by atoms with Crippen molar-refractivity contribution in [2.75, 3.05) is 0 Å². The summed E-state index contributed by atoms with van der Waals surface area (Å²) in [7, 11) is 0. The molecule has 2 heteroatoms. The molecule has 0 saturated carbocycles. The molecule has 1 aliphatic heterocycles. The molecule has 2 nitrogen and oxygen atoms in total. The van der Waals surface area contributed by atoms with Gasteiger partial charge in [-0.15, -0.1) is 0 Å². The SMILES string of the molecule is C=C/C=C1/C=CN/C1=N/C(=C)C(C)C. The van der Waals surface area contributed by atoms with Gasteiger partial charge in [-0.05, 0) is 12.0 Å². The highest BCUT2D eigenvalue weighted by molar-refractivity contribution is 6.04. The first-order valence-corrected chi connectivity index (χ1v) is 4.69. The largest absolute Gasteiger partial charge is 0.346 e. The topological polar surface area (TPSA) is 24.4 Å². The molecule has 0 bridgehead atoms. The minimum Gasteiger partial charge on any atom is -0.346 e. The molecule has 0 aromatic heterocycles. The minimum atomic E-state index is 0.370. The molecular weight excluding hydrogens is 172 g/mol. The van der Waals surface area contributed by atoms with Gasteiger partial charge in [0, 0.05) is 17.5 Å². The van der Waals surface area contributed by atoms with Gasteiger partial charge in [-0.25, -0.2) is 4.99 Å². The number of nitrogens with zero attached hydrogens (tertiary/aromatic N) is 1. The van der Waals surface area contributed by atoms with Crippen LogP contribution in [0.25, 0.3) is 0 Å². The van der Waals surface area contributed by atoms with E-state index in [9.17, 15) is 0 Å². The highest BCUT2D eigenvalue weighted by Crippen LogP contribution is 2.12. The van der Waals surface area contributed by atoms with E-state index in [1.54, 1.807) is 6.08 Å². The van der Waals surface area contributed by atoms with Crippen LogP contribution >= 0.6 is 0 Å². The van der Waals surface area contributed by atoms with E-state index in [0.717, 1.165) is 17.1 Å². The highest BCUT2D eigenvalue weighted by atomic mass is 15.0. The van der Waals surface area contributed by atoms with Crippen LogP contribution < -0.4 is 5.32 Å². The predicted molar refractivity (Wildman–Crippen MR) is 62.0 cm³/mol. The molecule has 0 unspecified atom stereocenters. The summed E-state index contributed by atoms with van der Waals surface area (Å²) in [5.41, 5.74) is 1.92. The Kier molecular flexibility index (Phi) is 3.46. The Morgan fingerprint density at radius 1 is 1.57 bits per heavy atom. The lowest BCUT2D eigenvalue weighted by molar-refractivity contribution is 0.761. The van der Waals surface area contributed by atoms with E-state index in [2.05, 4.69) is 37.3 Å². The first-order chi connectivity index (χ1) is 6.65. The second kappa shape index (κ2) is 4.61. The van der Waals surface area contributed by atoms with Crippen molar-refractivity contribution in [3.05, 3.63) is 48.9 Å². The van der Waals surface area contributed by atoms with Crippen LogP contribution in [0, 0.1) is 5.92 Å². The fourth-order valence-electron chi connectivity index (χ4n) is 1.00. The number of amidine groups is 1. The number of aliphatic imine (C=N–C) groups is 1. The molecule has 1 N–H and O–H groups in total. The van der Waals surface area contributed by atoms with Crippen LogP contribution in [-0.2, 0) is 0 Å². The Hall–Kier alpha value is -1.57. The van der Waals surface area contributed by atoms with E-state index in [1.165, 1.54) is 0 Å². The second-order valence-electron chi connectivity index (χ2n) is 3.44. The zero-order valence-corrected chi connectivity index (χ0v) is 8.75. The van der Waals surface area contributed by atoms with Gasteiger partial charge in [-0.3, -0.25) is 0 Å². The third-order valence-electron chi connectivity index (χ3n) is 1.98. The first kappa shape index (κ1) is 10.5. The summed E-state index contributed by atoms with van der Waals surface area (Å²) in [5, 5.41) is 3.07. The molecule has 0 aromatic carbocycles. The standard InChI is InChI=1S/C12H16N2/c1-5-6-11-7-8-13-12(11)14-10(4)9(2)3/h5-9H,1,4H2,2-3H3,(H,13,14)/b11-6-. The normalized spacial score (nSPS) is 20.5. The van der Waals surface area contributed by atoms with E-state index >= 15 is 0 Å². The minimum absolute atomic E-state index is 0.370. The Morgan fingerprint density at radius 2 is 2.29 bits per heavy atom. The molecule has 1 aliphatic rings.